The SMILES string of the molecule is CC[C@@H](C)CCCCCCCC(=O)O. The smallest absolute Gasteiger partial charge is 0.303 e. The van der Waals surface area contributed by atoms with E-state index in [0.29, 0.717) is 6.42 Å². The molecule has 0 fully saturated rings. The molecule has 1 N–H and O–H groups in total. The molecule has 0 aliphatic rings. The average molecular weight is 200 g/mol. The second-order valence-electron chi connectivity index (χ2n) is 4.21. The van der Waals surface area contributed by atoms with E-state index >= 15 is 0 Å². The van der Waals surface area contributed by atoms with Crippen molar-refractivity contribution in [3.05, 3.63) is 0 Å². The third-order valence-electron chi connectivity index (χ3n) is 2.78. The summed E-state index contributed by atoms with van der Waals surface area (Å²) in [5.41, 5.74) is 0. The van der Waals surface area contributed by atoms with Crippen molar-refractivity contribution < 1.29 is 9.90 Å². The molecular weight excluding hydrogens is 176 g/mol. The highest BCUT2D eigenvalue weighted by Crippen LogP contribution is 2.13. The van der Waals surface area contributed by atoms with Crippen LogP contribution in [-0.4, -0.2) is 11.1 Å². The first-order chi connectivity index (χ1) is 6.66. The molecular formula is C12H24O2. The maximum Gasteiger partial charge on any atom is 0.303 e. The number of rotatable bonds is 9. The van der Waals surface area contributed by atoms with Gasteiger partial charge in [-0.1, -0.05) is 52.4 Å². The zero-order valence-electron chi connectivity index (χ0n) is 9.59. The number of carboxylic acids is 1. The minimum Gasteiger partial charge on any atom is -0.481 e. The first kappa shape index (κ1) is 13.5. The number of hydrogen-bond acceptors (Lipinski definition) is 1. The maximum absolute atomic E-state index is 10.2. The lowest BCUT2D eigenvalue weighted by atomic mass is 10.00. The van der Waals surface area contributed by atoms with Crippen LogP contribution in [0.2, 0.25) is 0 Å². The highest BCUT2D eigenvalue weighted by atomic mass is 16.4. The van der Waals surface area contributed by atoms with Gasteiger partial charge in [0.1, 0.15) is 0 Å². The molecule has 84 valence electrons. The van der Waals surface area contributed by atoms with Gasteiger partial charge in [-0.2, -0.15) is 0 Å². The predicted molar refractivity (Wildman–Crippen MR) is 59.4 cm³/mol. The summed E-state index contributed by atoms with van der Waals surface area (Å²) in [6.07, 6.45) is 8.64. The van der Waals surface area contributed by atoms with Crippen LogP contribution in [0.5, 0.6) is 0 Å². The molecule has 0 heterocycles. The summed E-state index contributed by atoms with van der Waals surface area (Å²) >= 11 is 0. The van der Waals surface area contributed by atoms with Gasteiger partial charge in [0, 0.05) is 6.42 Å². The topological polar surface area (TPSA) is 37.3 Å². The van der Waals surface area contributed by atoms with E-state index in [1.807, 2.05) is 0 Å². The Morgan fingerprint density at radius 2 is 1.71 bits per heavy atom. The van der Waals surface area contributed by atoms with Crippen molar-refractivity contribution in [2.75, 3.05) is 0 Å². The minimum atomic E-state index is -0.662. The van der Waals surface area contributed by atoms with Gasteiger partial charge in [0.15, 0.2) is 0 Å². The van der Waals surface area contributed by atoms with Gasteiger partial charge in [0.25, 0.3) is 0 Å². The standard InChI is InChI=1S/C12H24O2/c1-3-11(2)9-7-5-4-6-8-10-12(13)14/h11H,3-10H2,1-2H3,(H,13,14)/t11-/m1/s1. The molecule has 0 aromatic rings. The molecule has 14 heavy (non-hydrogen) atoms. The van der Waals surface area contributed by atoms with Crippen LogP contribution in [0.25, 0.3) is 0 Å². The molecule has 0 aliphatic carbocycles. The molecule has 0 unspecified atom stereocenters. The number of hydrogen-bond donors (Lipinski definition) is 1. The van der Waals surface area contributed by atoms with Crippen LogP contribution in [0.1, 0.15) is 65.2 Å². The van der Waals surface area contributed by atoms with Gasteiger partial charge in [-0.05, 0) is 12.3 Å². The highest BCUT2D eigenvalue weighted by Gasteiger charge is 1.99. The predicted octanol–water partition coefficient (Wildman–Crippen LogP) is 3.85. The summed E-state index contributed by atoms with van der Waals surface area (Å²) in [7, 11) is 0. The lowest BCUT2D eigenvalue weighted by Crippen LogP contribution is -1.94. The Morgan fingerprint density at radius 3 is 2.29 bits per heavy atom. The largest absolute Gasteiger partial charge is 0.481 e. The van der Waals surface area contributed by atoms with Crippen LogP contribution in [0.3, 0.4) is 0 Å². The Labute approximate surface area is 87.7 Å². The molecule has 0 amide bonds. The average Bonchev–Trinajstić information content (AvgIpc) is 2.15. The van der Waals surface area contributed by atoms with Crippen molar-refractivity contribution in [3.63, 3.8) is 0 Å². The molecule has 1 atom stereocenters. The first-order valence-electron chi connectivity index (χ1n) is 5.88. The lowest BCUT2D eigenvalue weighted by molar-refractivity contribution is -0.137. The summed E-state index contributed by atoms with van der Waals surface area (Å²) in [6.45, 7) is 4.53. The fraction of sp³-hybridized carbons (Fsp3) is 0.917. The zero-order valence-corrected chi connectivity index (χ0v) is 9.59. The van der Waals surface area contributed by atoms with Crippen molar-refractivity contribution in [3.8, 4) is 0 Å². The van der Waals surface area contributed by atoms with E-state index in [1.54, 1.807) is 0 Å². The van der Waals surface area contributed by atoms with Crippen LogP contribution in [0.4, 0.5) is 0 Å². The Balaban J connectivity index is 3.02. The Bertz CT molecular complexity index is 143. The summed E-state index contributed by atoms with van der Waals surface area (Å²) in [5.74, 6) is 0.193. The van der Waals surface area contributed by atoms with Crippen molar-refractivity contribution in [2.24, 2.45) is 5.92 Å². The van der Waals surface area contributed by atoms with Crippen molar-refractivity contribution in [1.82, 2.24) is 0 Å². The van der Waals surface area contributed by atoms with Crippen LogP contribution < -0.4 is 0 Å². The Morgan fingerprint density at radius 1 is 1.14 bits per heavy atom. The zero-order chi connectivity index (χ0) is 10.8. The fourth-order valence-electron chi connectivity index (χ4n) is 1.50. The molecule has 0 aromatic carbocycles. The molecule has 0 spiro atoms. The van der Waals surface area contributed by atoms with Crippen molar-refractivity contribution in [1.29, 1.82) is 0 Å². The van der Waals surface area contributed by atoms with Gasteiger partial charge in [0.2, 0.25) is 0 Å². The normalized spacial score (nSPS) is 12.7. The second-order valence-corrected chi connectivity index (χ2v) is 4.21. The first-order valence-corrected chi connectivity index (χ1v) is 5.88. The Kier molecular flexibility index (Phi) is 8.70. The van der Waals surface area contributed by atoms with E-state index in [4.69, 9.17) is 5.11 Å². The second kappa shape index (κ2) is 9.04. The molecule has 0 rings (SSSR count). The number of carbonyl (C=O) groups is 1. The number of carboxylic acid groups (broad SMARTS) is 1. The number of unbranched alkanes of at least 4 members (excludes halogenated alkanes) is 4. The van der Waals surface area contributed by atoms with E-state index in [1.165, 1.54) is 32.1 Å². The molecule has 0 bridgehead atoms. The summed E-state index contributed by atoms with van der Waals surface area (Å²) in [5, 5.41) is 8.42. The molecule has 0 radical (unpaired) electrons. The molecule has 2 nitrogen and oxygen atoms in total. The quantitative estimate of drug-likeness (QED) is 0.574. The van der Waals surface area contributed by atoms with Gasteiger partial charge in [0.05, 0.1) is 0 Å². The lowest BCUT2D eigenvalue weighted by Gasteiger charge is -2.06. The van der Waals surface area contributed by atoms with Crippen LogP contribution >= 0.6 is 0 Å². The van der Waals surface area contributed by atoms with Crippen LogP contribution in [0.15, 0.2) is 0 Å². The number of aliphatic carboxylic acids is 1. The third kappa shape index (κ3) is 9.56. The van der Waals surface area contributed by atoms with E-state index in [2.05, 4.69) is 13.8 Å². The molecule has 2 heteroatoms. The van der Waals surface area contributed by atoms with E-state index < -0.39 is 5.97 Å². The van der Waals surface area contributed by atoms with Gasteiger partial charge in [-0.3, -0.25) is 4.79 Å². The fourth-order valence-corrected chi connectivity index (χ4v) is 1.50. The molecule has 0 saturated carbocycles. The van der Waals surface area contributed by atoms with E-state index in [-0.39, 0.29) is 0 Å². The molecule has 0 aliphatic heterocycles. The highest BCUT2D eigenvalue weighted by molar-refractivity contribution is 5.66. The van der Waals surface area contributed by atoms with E-state index in [0.717, 1.165) is 18.8 Å². The Hall–Kier alpha value is -0.530. The van der Waals surface area contributed by atoms with Gasteiger partial charge >= 0.3 is 5.97 Å². The van der Waals surface area contributed by atoms with Crippen molar-refractivity contribution in [2.45, 2.75) is 65.2 Å². The summed E-state index contributed by atoms with van der Waals surface area (Å²) in [4.78, 5) is 10.2. The van der Waals surface area contributed by atoms with Gasteiger partial charge in [-0.15, -0.1) is 0 Å². The van der Waals surface area contributed by atoms with Gasteiger partial charge < -0.3 is 5.11 Å². The van der Waals surface area contributed by atoms with Crippen LogP contribution in [0, 0.1) is 5.92 Å². The molecule has 0 saturated heterocycles. The summed E-state index contributed by atoms with van der Waals surface area (Å²) in [6, 6.07) is 0. The summed E-state index contributed by atoms with van der Waals surface area (Å²) < 4.78 is 0. The van der Waals surface area contributed by atoms with Crippen LogP contribution in [-0.2, 0) is 4.79 Å². The van der Waals surface area contributed by atoms with Crippen molar-refractivity contribution >= 4 is 5.97 Å². The van der Waals surface area contributed by atoms with Gasteiger partial charge in [-0.25, -0.2) is 0 Å². The monoisotopic (exact) mass is 200 g/mol. The maximum atomic E-state index is 10.2. The molecule has 0 aromatic heterocycles. The third-order valence-corrected chi connectivity index (χ3v) is 2.78. The van der Waals surface area contributed by atoms with E-state index in [9.17, 15) is 4.79 Å². The minimum absolute atomic E-state index is 0.339.